The lowest BCUT2D eigenvalue weighted by Crippen LogP contribution is -2.40. The molecule has 1 unspecified atom stereocenters. The van der Waals surface area contributed by atoms with Gasteiger partial charge in [-0.15, -0.1) is 21.5 Å². The van der Waals surface area contributed by atoms with E-state index >= 15 is 0 Å². The van der Waals surface area contributed by atoms with Crippen LogP contribution in [0.15, 0.2) is 40.9 Å². The smallest absolute Gasteiger partial charge is 0.233 e. The van der Waals surface area contributed by atoms with Gasteiger partial charge in [-0.2, -0.15) is 0 Å². The van der Waals surface area contributed by atoms with Crippen LogP contribution in [-0.4, -0.2) is 64.2 Å². The second kappa shape index (κ2) is 9.87. The van der Waals surface area contributed by atoms with Gasteiger partial charge in [-0.25, -0.2) is 0 Å². The largest absolute Gasteiger partial charge is 0.378 e. The maximum atomic E-state index is 13.3. The van der Waals surface area contributed by atoms with Crippen molar-refractivity contribution in [3.05, 3.63) is 51.7 Å². The number of rotatable bonds is 6. The first-order chi connectivity index (χ1) is 16.2. The van der Waals surface area contributed by atoms with Crippen molar-refractivity contribution >= 4 is 35.0 Å². The summed E-state index contributed by atoms with van der Waals surface area (Å²) in [5.41, 5.74) is 3.52. The number of fused-ring (bicyclic) bond motifs is 1. The van der Waals surface area contributed by atoms with Crippen molar-refractivity contribution in [1.29, 1.82) is 0 Å². The van der Waals surface area contributed by atoms with Gasteiger partial charge in [0.15, 0.2) is 5.16 Å². The zero-order valence-corrected chi connectivity index (χ0v) is 20.7. The number of thiophene rings is 1. The van der Waals surface area contributed by atoms with Crippen LogP contribution in [0.2, 0.25) is 0 Å². The Morgan fingerprint density at radius 3 is 2.79 bits per heavy atom. The van der Waals surface area contributed by atoms with Crippen molar-refractivity contribution in [3.63, 3.8) is 0 Å². The zero-order chi connectivity index (χ0) is 22.8. The van der Waals surface area contributed by atoms with Crippen molar-refractivity contribution in [3.8, 4) is 5.69 Å². The fourth-order valence-corrected chi connectivity index (χ4v) is 6.45. The number of aryl methyl sites for hydroxylation is 1. The molecule has 0 N–H and O–H groups in total. The quantitative estimate of drug-likeness (QED) is 0.492. The highest BCUT2D eigenvalue weighted by Gasteiger charge is 2.31. The van der Waals surface area contributed by atoms with Gasteiger partial charge in [-0.05, 0) is 48.4 Å². The standard InChI is InChI=1S/C24H29N5O2S2/c1-3-19-18-9-15-32-21(18)8-10-28(19)22(30)16-33-24-26-25-23(27-11-13-31-14-12-27)29(24)20-7-5-4-6-17(20)2/h4-7,9,15,19H,3,8,10-14,16H2,1-2H3. The Hall–Kier alpha value is -2.36. The lowest BCUT2D eigenvalue weighted by molar-refractivity contribution is -0.131. The number of anilines is 1. The number of carbonyl (C=O) groups excluding carboxylic acids is 1. The number of thioether (sulfide) groups is 1. The van der Waals surface area contributed by atoms with Crippen molar-refractivity contribution in [2.75, 3.05) is 43.5 Å². The average molecular weight is 484 g/mol. The fraction of sp³-hybridized carbons (Fsp3) is 0.458. The molecule has 1 fully saturated rings. The first kappa shape index (κ1) is 22.4. The summed E-state index contributed by atoms with van der Waals surface area (Å²) in [5.74, 6) is 1.33. The minimum Gasteiger partial charge on any atom is -0.378 e. The van der Waals surface area contributed by atoms with Gasteiger partial charge in [0.05, 0.1) is 30.7 Å². The highest BCUT2D eigenvalue weighted by atomic mass is 32.2. The van der Waals surface area contributed by atoms with Crippen LogP contribution in [0.5, 0.6) is 0 Å². The lowest BCUT2D eigenvalue weighted by atomic mass is 9.98. The van der Waals surface area contributed by atoms with Gasteiger partial charge in [0, 0.05) is 24.5 Å². The third-order valence-corrected chi connectivity index (χ3v) is 8.30. The molecule has 2 aliphatic rings. The van der Waals surface area contributed by atoms with Crippen molar-refractivity contribution < 1.29 is 9.53 Å². The summed E-state index contributed by atoms with van der Waals surface area (Å²) in [5, 5.41) is 12.0. The zero-order valence-electron chi connectivity index (χ0n) is 19.1. The molecule has 3 aromatic rings. The van der Waals surface area contributed by atoms with Crippen LogP contribution < -0.4 is 4.90 Å². The van der Waals surface area contributed by atoms with E-state index in [1.54, 1.807) is 0 Å². The van der Waals surface area contributed by atoms with Gasteiger partial charge >= 0.3 is 0 Å². The van der Waals surface area contributed by atoms with Gasteiger partial charge in [0.25, 0.3) is 0 Å². The number of hydrogen-bond donors (Lipinski definition) is 0. The first-order valence-electron chi connectivity index (χ1n) is 11.5. The molecule has 0 aliphatic carbocycles. The third kappa shape index (κ3) is 4.41. The second-order valence-electron chi connectivity index (χ2n) is 8.35. The molecule has 2 aliphatic heterocycles. The predicted molar refractivity (Wildman–Crippen MR) is 133 cm³/mol. The van der Waals surface area contributed by atoms with Gasteiger partial charge in [0.2, 0.25) is 11.9 Å². The van der Waals surface area contributed by atoms with Gasteiger partial charge in [-0.1, -0.05) is 36.9 Å². The Morgan fingerprint density at radius 1 is 1.18 bits per heavy atom. The molecule has 4 heterocycles. The Bertz CT molecular complexity index is 1120. The SMILES string of the molecule is CCC1c2ccsc2CCN1C(=O)CSc1nnc(N2CCOCC2)n1-c1ccccc1C. The number of aromatic nitrogens is 3. The summed E-state index contributed by atoms with van der Waals surface area (Å²) in [6.07, 6.45) is 1.88. The lowest BCUT2D eigenvalue weighted by Gasteiger charge is -2.35. The van der Waals surface area contributed by atoms with E-state index < -0.39 is 0 Å². The molecule has 0 radical (unpaired) electrons. The molecule has 0 bridgehead atoms. The van der Waals surface area contributed by atoms with E-state index in [-0.39, 0.29) is 11.9 Å². The minimum atomic E-state index is 0.163. The highest BCUT2D eigenvalue weighted by molar-refractivity contribution is 7.99. The molecule has 5 rings (SSSR count). The number of carbonyl (C=O) groups is 1. The van der Waals surface area contributed by atoms with Crippen LogP contribution in [0.1, 0.15) is 35.4 Å². The molecule has 33 heavy (non-hydrogen) atoms. The number of ether oxygens (including phenoxy) is 1. The topological polar surface area (TPSA) is 63.5 Å². The number of hydrogen-bond acceptors (Lipinski definition) is 7. The van der Waals surface area contributed by atoms with Crippen LogP contribution in [0.4, 0.5) is 5.95 Å². The first-order valence-corrected chi connectivity index (χ1v) is 13.4. The summed E-state index contributed by atoms with van der Waals surface area (Å²) in [7, 11) is 0. The van der Waals surface area contributed by atoms with E-state index in [1.807, 2.05) is 23.5 Å². The molecular formula is C24H29N5O2S2. The molecule has 9 heteroatoms. The Labute approximate surface area is 202 Å². The average Bonchev–Trinajstić information content (AvgIpc) is 3.50. The molecule has 1 saturated heterocycles. The highest BCUT2D eigenvalue weighted by Crippen LogP contribution is 2.36. The minimum absolute atomic E-state index is 0.163. The number of morpholine rings is 1. The summed E-state index contributed by atoms with van der Waals surface area (Å²) < 4.78 is 7.63. The number of nitrogens with zero attached hydrogens (tertiary/aromatic N) is 5. The summed E-state index contributed by atoms with van der Waals surface area (Å²) >= 11 is 3.28. The van der Waals surface area contributed by atoms with E-state index in [2.05, 4.69) is 62.0 Å². The van der Waals surface area contributed by atoms with Crippen LogP contribution >= 0.6 is 23.1 Å². The molecule has 174 valence electrons. The second-order valence-corrected chi connectivity index (χ2v) is 10.3. The Morgan fingerprint density at radius 2 is 2.00 bits per heavy atom. The third-order valence-electron chi connectivity index (χ3n) is 6.39. The van der Waals surface area contributed by atoms with Crippen molar-refractivity contribution in [2.24, 2.45) is 0 Å². The van der Waals surface area contributed by atoms with Crippen LogP contribution in [0.3, 0.4) is 0 Å². The molecule has 1 atom stereocenters. The van der Waals surface area contributed by atoms with E-state index in [9.17, 15) is 4.79 Å². The molecule has 1 aromatic carbocycles. The number of benzene rings is 1. The van der Waals surface area contributed by atoms with Crippen LogP contribution in [-0.2, 0) is 16.0 Å². The van der Waals surface area contributed by atoms with Crippen LogP contribution in [0.25, 0.3) is 5.69 Å². The van der Waals surface area contributed by atoms with Gasteiger partial charge in [0.1, 0.15) is 0 Å². The molecular weight excluding hydrogens is 454 g/mol. The molecule has 1 amide bonds. The summed E-state index contributed by atoms with van der Waals surface area (Å²) in [4.78, 5) is 19.0. The van der Waals surface area contributed by atoms with E-state index in [0.717, 1.165) is 54.8 Å². The monoisotopic (exact) mass is 483 g/mol. The van der Waals surface area contributed by atoms with E-state index in [1.165, 1.54) is 22.2 Å². The Balaban J connectivity index is 1.39. The molecule has 0 saturated carbocycles. The summed E-state index contributed by atoms with van der Waals surface area (Å²) in [6.45, 7) is 7.96. The maximum Gasteiger partial charge on any atom is 0.233 e. The fourth-order valence-electron chi connectivity index (χ4n) is 4.69. The summed E-state index contributed by atoms with van der Waals surface area (Å²) in [6, 6.07) is 10.6. The maximum absolute atomic E-state index is 13.3. The number of para-hydroxylation sites is 1. The van der Waals surface area contributed by atoms with E-state index in [4.69, 9.17) is 4.74 Å². The normalized spacial score (nSPS) is 18.4. The van der Waals surface area contributed by atoms with Crippen molar-refractivity contribution in [1.82, 2.24) is 19.7 Å². The van der Waals surface area contributed by atoms with Crippen LogP contribution in [0, 0.1) is 6.92 Å². The predicted octanol–water partition coefficient (Wildman–Crippen LogP) is 4.10. The molecule has 2 aromatic heterocycles. The van der Waals surface area contributed by atoms with E-state index in [0.29, 0.717) is 19.0 Å². The molecule has 7 nitrogen and oxygen atoms in total. The van der Waals surface area contributed by atoms with Gasteiger partial charge in [-0.3, -0.25) is 9.36 Å². The molecule has 0 spiro atoms. The van der Waals surface area contributed by atoms with Crippen molar-refractivity contribution in [2.45, 2.75) is 37.9 Å². The Kier molecular flexibility index (Phi) is 6.71. The number of amides is 1. The van der Waals surface area contributed by atoms with Gasteiger partial charge < -0.3 is 14.5 Å².